The first-order valence-corrected chi connectivity index (χ1v) is 6.12. The molecule has 2 heterocycles. The van der Waals surface area contributed by atoms with Crippen molar-refractivity contribution in [3.05, 3.63) is 12.3 Å². The SMILES string of the molecule is CC.CN1CCN(c2nccc(N)c2N)CC1. The molecule has 17 heavy (non-hydrogen) atoms. The van der Waals surface area contributed by atoms with Gasteiger partial charge in [0.05, 0.1) is 11.4 Å². The minimum absolute atomic E-state index is 0.599. The number of nitrogens with zero attached hydrogens (tertiary/aromatic N) is 3. The predicted octanol–water partition coefficient (Wildman–Crippen LogP) is 1.02. The maximum Gasteiger partial charge on any atom is 0.153 e. The lowest BCUT2D eigenvalue weighted by atomic mass is 10.2. The Balaban J connectivity index is 0.000000686. The second-order valence-electron chi connectivity index (χ2n) is 3.93. The largest absolute Gasteiger partial charge is 0.397 e. The van der Waals surface area contributed by atoms with Crippen LogP contribution in [0.15, 0.2) is 12.3 Å². The van der Waals surface area contributed by atoms with Crippen LogP contribution in [0.4, 0.5) is 17.2 Å². The van der Waals surface area contributed by atoms with Crippen LogP contribution >= 0.6 is 0 Å². The summed E-state index contributed by atoms with van der Waals surface area (Å²) in [5.41, 5.74) is 12.9. The first kappa shape index (κ1) is 13.6. The van der Waals surface area contributed by atoms with Crippen molar-refractivity contribution in [3.63, 3.8) is 0 Å². The number of pyridine rings is 1. The molecule has 2 rings (SSSR count). The molecule has 0 bridgehead atoms. The first-order chi connectivity index (χ1) is 8.18. The fourth-order valence-corrected chi connectivity index (χ4v) is 1.75. The lowest BCUT2D eigenvalue weighted by Gasteiger charge is -2.33. The fraction of sp³-hybridized carbons (Fsp3) is 0.583. The summed E-state index contributed by atoms with van der Waals surface area (Å²) < 4.78 is 0. The van der Waals surface area contributed by atoms with Crippen molar-refractivity contribution in [1.82, 2.24) is 9.88 Å². The number of piperazine rings is 1. The summed E-state index contributed by atoms with van der Waals surface area (Å²) in [4.78, 5) is 8.77. The summed E-state index contributed by atoms with van der Waals surface area (Å²) in [6.07, 6.45) is 1.71. The van der Waals surface area contributed by atoms with Gasteiger partial charge < -0.3 is 21.3 Å². The maximum atomic E-state index is 5.91. The summed E-state index contributed by atoms with van der Waals surface area (Å²) in [5, 5.41) is 0. The monoisotopic (exact) mass is 237 g/mol. The fourth-order valence-electron chi connectivity index (χ4n) is 1.75. The zero-order chi connectivity index (χ0) is 12.8. The average Bonchev–Trinajstić information content (AvgIpc) is 2.37. The van der Waals surface area contributed by atoms with Crippen molar-refractivity contribution in [1.29, 1.82) is 0 Å². The smallest absolute Gasteiger partial charge is 0.153 e. The summed E-state index contributed by atoms with van der Waals surface area (Å²) in [6.45, 7) is 7.99. The summed E-state index contributed by atoms with van der Waals surface area (Å²) in [6, 6.07) is 1.73. The second kappa shape index (κ2) is 6.30. The van der Waals surface area contributed by atoms with E-state index in [-0.39, 0.29) is 0 Å². The highest BCUT2D eigenvalue weighted by atomic mass is 15.3. The van der Waals surface area contributed by atoms with E-state index in [1.54, 1.807) is 12.3 Å². The van der Waals surface area contributed by atoms with E-state index >= 15 is 0 Å². The van der Waals surface area contributed by atoms with Crippen LogP contribution in [0.5, 0.6) is 0 Å². The number of nitrogen functional groups attached to an aromatic ring is 2. The molecule has 5 nitrogen and oxygen atoms in total. The van der Waals surface area contributed by atoms with E-state index in [0.29, 0.717) is 11.4 Å². The molecular formula is C12H23N5. The van der Waals surface area contributed by atoms with Crippen LogP contribution in [0, 0.1) is 0 Å². The van der Waals surface area contributed by atoms with Crippen LogP contribution < -0.4 is 16.4 Å². The third-order valence-electron chi connectivity index (χ3n) is 2.81. The number of hydrogen-bond donors (Lipinski definition) is 2. The molecule has 0 atom stereocenters. The van der Waals surface area contributed by atoms with Gasteiger partial charge in [0.25, 0.3) is 0 Å². The Kier molecular flexibility index (Phi) is 5.03. The second-order valence-corrected chi connectivity index (χ2v) is 3.93. The molecule has 1 saturated heterocycles. The Hall–Kier alpha value is -1.49. The van der Waals surface area contributed by atoms with Gasteiger partial charge >= 0.3 is 0 Å². The lowest BCUT2D eigenvalue weighted by molar-refractivity contribution is 0.312. The van der Waals surface area contributed by atoms with Gasteiger partial charge in [-0.3, -0.25) is 0 Å². The van der Waals surface area contributed by atoms with Crippen molar-refractivity contribution in [2.45, 2.75) is 13.8 Å². The van der Waals surface area contributed by atoms with E-state index in [0.717, 1.165) is 32.0 Å². The molecule has 0 radical (unpaired) electrons. The van der Waals surface area contributed by atoms with Gasteiger partial charge in [-0.2, -0.15) is 0 Å². The topological polar surface area (TPSA) is 71.4 Å². The van der Waals surface area contributed by atoms with Gasteiger partial charge in [0.2, 0.25) is 0 Å². The van der Waals surface area contributed by atoms with Crippen molar-refractivity contribution in [2.24, 2.45) is 0 Å². The zero-order valence-electron chi connectivity index (χ0n) is 11.0. The van der Waals surface area contributed by atoms with E-state index < -0.39 is 0 Å². The van der Waals surface area contributed by atoms with Crippen molar-refractivity contribution >= 4 is 17.2 Å². The minimum Gasteiger partial charge on any atom is -0.397 e. The van der Waals surface area contributed by atoms with Gasteiger partial charge in [0.1, 0.15) is 0 Å². The van der Waals surface area contributed by atoms with Crippen LogP contribution in [0.3, 0.4) is 0 Å². The van der Waals surface area contributed by atoms with Crippen molar-refractivity contribution in [2.75, 3.05) is 49.6 Å². The molecule has 0 unspecified atom stereocenters. The minimum atomic E-state index is 0.599. The average molecular weight is 237 g/mol. The number of aromatic nitrogens is 1. The molecule has 0 spiro atoms. The van der Waals surface area contributed by atoms with E-state index in [4.69, 9.17) is 11.5 Å². The molecule has 96 valence electrons. The number of likely N-dealkylation sites (N-methyl/N-ethyl adjacent to an activating group) is 1. The van der Waals surface area contributed by atoms with Crippen molar-refractivity contribution < 1.29 is 0 Å². The molecule has 4 N–H and O–H groups in total. The first-order valence-electron chi connectivity index (χ1n) is 6.12. The third kappa shape index (κ3) is 3.23. The molecule has 0 aliphatic carbocycles. The normalized spacial score (nSPS) is 16.3. The van der Waals surface area contributed by atoms with Crippen molar-refractivity contribution in [3.8, 4) is 0 Å². The Labute approximate surface area is 103 Å². The standard InChI is InChI=1S/C10H17N5.C2H6/c1-14-4-6-15(7-5-14)10-9(12)8(11)2-3-13-10;1-2/h2-3H,4-7,12H2,1H3,(H2,11,13);1-2H3. The van der Waals surface area contributed by atoms with Crippen LogP contribution in [-0.4, -0.2) is 43.1 Å². The van der Waals surface area contributed by atoms with Gasteiger partial charge in [-0.25, -0.2) is 4.98 Å². The summed E-state index contributed by atoms with van der Waals surface area (Å²) in [5.74, 6) is 0.822. The van der Waals surface area contributed by atoms with E-state index in [2.05, 4.69) is 21.8 Å². The quantitative estimate of drug-likeness (QED) is 0.763. The molecule has 1 aromatic heterocycles. The molecule has 1 aromatic rings. The van der Waals surface area contributed by atoms with E-state index in [1.807, 2.05) is 13.8 Å². The Morgan fingerprint density at radius 3 is 2.29 bits per heavy atom. The van der Waals surface area contributed by atoms with E-state index in [9.17, 15) is 0 Å². The Bertz CT molecular complexity index is 345. The zero-order valence-corrected chi connectivity index (χ0v) is 11.0. The van der Waals surface area contributed by atoms with Crippen LogP contribution in [-0.2, 0) is 0 Å². The highest BCUT2D eigenvalue weighted by molar-refractivity contribution is 5.76. The van der Waals surface area contributed by atoms with Gasteiger partial charge in [-0.05, 0) is 13.1 Å². The third-order valence-corrected chi connectivity index (χ3v) is 2.81. The van der Waals surface area contributed by atoms with Gasteiger partial charge in [0, 0.05) is 32.4 Å². The number of hydrogen-bond acceptors (Lipinski definition) is 5. The van der Waals surface area contributed by atoms with Gasteiger partial charge in [-0.1, -0.05) is 13.8 Å². The molecule has 0 saturated carbocycles. The Morgan fingerprint density at radius 1 is 1.12 bits per heavy atom. The van der Waals surface area contributed by atoms with Gasteiger partial charge in [-0.15, -0.1) is 0 Å². The van der Waals surface area contributed by atoms with E-state index in [1.165, 1.54) is 0 Å². The van der Waals surface area contributed by atoms with Crippen LogP contribution in [0.2, 0.25) is 0 Å². The Morgan fingerprint density at radius 2 is 1.71 bits per heavy atom. The molecular weight excluding hydrogens is 214 g/mol. The summed E-state index contributed by atoms with van der Waals surface area (Å²) in [7, 11) is 2.12. The van der Waals surface area contributed by atoms with Crippen LogP contribution in [0.25, 0.3) is 0 Å². The number of anilines is 3. The summed E-state index contributed by atoms with van der Waals surface area (Å²) >= 11 is 0. The maximum absolute atomic E-state index is 5.91. The molecule has 1 aliphatic rings. The molecule has 0 aromatic carbocycles. The number of nitrogens with two attached hydrogens (primary N) is 2. The van der Waals surface area contributed by atoms with Gasteiger partial charge in [0.15, 0.2) is 5.82 Å². The lowest BCUT2D eigenvalue weighted by Crippen LogP contribution is -2.45. The molecule has 0 amide bonds. The van der Waals surface area contributed by atoms with Crippen LogP contribution in [0.1, 0.15) is 13.8 Å². The highest BCUT2D eigenvalue weighted by Crippen LogP contribution is 2.25. The number of rotatable bonds is 1. The molecule has 1 aliphatic heterocycles. The predicted molar refractivity (Wildman–Crippen MR) is 74.1 cm³/mol. The molecule has 1 fully saturated rings. The molecule has 5 heteroatoms. The highest BCUT2D eigenvalue weighted by Gasteiger charge is 2.17.